The third kappa shape index (κ3) is 4.77. The molecule has 13 heteroatoms. The highest BCUT2D eigenvalue weighted by Gasteiger charge is 2.28. The first-order valence-electron chi connectivity index (χ1n) is 12.2. The number of aromatic nitrogens is 3. The van der Waals surface area contributed by atoms with Crippen molar-refractivity contribution in [2.45, 2.75) is 31.8 Å². The van der Waals surface area contributed by atoms with Gasteiger partial charge in [0.05, 0.1) is 29.4 Å². The molecule has 4 aromatic rings. The van der Waals surface area contributed by atoms with Crippen LogP contribution in [0.4, 0.5) is 8.78 Å². The van der Waals surface area contributed by atoms with Crippen LogP contribution in [0.3, 0.4) is 0 Å². The smallest absolute Gasteiger partial charge is 0.341 e. The minimum Gasteiger partial charge on any atom is -0.347 e. The fourth-order valence-corrected chi connectivity index (χ4v) is 4.98. The van der Waals surface area contributed by atoms with Gasteiger partial charge >= 0.3 is 5.97 Å². The summed E-state index contributed by atoms with van der Waals surface area (Å²) in [7, 11) is 0. The van der Waals surface area contributed by atoms with E-state index in [1.807, 2.05) is 18.2 Å². The summed E-state index contributed by atoms with van der Waals surface area (Å²) in [5, 5.41) is 13.2. The molecule has 0 fully saturated rings. The molecule has 202 valence electrons. The summed E-state index contributed by atoms with van der Waals surface area (Å²) in [4.78, 5) is 46.4. The Bertz CT molecular complexity index is 1750. The average molecular weight is 565 g/mol. The number of halogens is 3. The number of nitrogens with zero attached hydrogens (tertiary/aromatic N) is 4. The maximum absolute atomic E-state index is 14.5. The van der Waals surface area contributed by atoms with E-state index in [1.54, 1.807) is 0 Å². The number of carbonyl (C=O) groups excluding carboxylic acids is 3. The van der Waals surface area contributed by atoms with Crippen molar-refractivity contribution in [2.24, 2.45) is 5.16 Å². The van der Waals surface area contributed by atoms with Gasteiger partial charge < -0.3 is 15.5 Å². The molecule has 2 aliphatic rings. The lowest BCUT2D eigenvalue weighted by molar-refractivity contribution is -0.140. The van der Waals surface area contributed by atoms with Gasteiger partial charge in [0.15, 0.2) is 11.5 Å². The Morgan fingerprint density at radius 2 is 1.95 bits per heavy atom. The summed E-state index contributed by atoms with van der Waals surface area (Å²) < 4.78 is 28.9. The molecule has 0 saturated carbocycles. The van der Waals surface area contributed by atoms with Crippen molar-refractivity contribution in [1.82, 2.24) is 25.2 Å². The molecule has 1 atom stereocenters. The minimum absolute atomic E-state index is 0.00250. The SMILES string of the molecule is O=C1CC(c2ccc3c(c2)CC[C@@H]3NC(=O)c2cc(C(=O)NCc3ccc(F)c(Cl)c3)nc3c(F)cnn23)=NO1. The van der Waals surface area contributed by atoms with Crippen LogP contribution in [0, 0.1) is 11.6 Å². The number of nitrogens with one attached hydrogen (secondary N) is 2. The van der Waals surface area contributed by atoms with E-state index in [2.05, 4.69) is 30.7 Å². The van der Waals surface area contributed by atoms with Gasteiger partial charge in [0.2, 0.25) is 0 Å². The molecule has 2 amide bonds. The lowest BCUT2D eigenvalue weighted by atomic mass is 10.0. The average Bonchev–Trinajstić information content (AvgIpc) is 3.67. The predicted molar refractivity (Wildman–Crippen MR) is 138 cm³/mol. The number of hydrogen-bond acceptors (Lipinski definition) is 7. The molecule has 2 aromatic carbocycles. The number of fused-ring (bicyclic) bond motifs is 2. The zero-order chi connectivity index (χ0) is 28.0. The monoisotopic (exact) mass is 564 g/mol. The largest absolute Gasteiger partial charge is 0.347 e. The fourth-order valence-electron chi connectivity index (χ4n) is 4.78. The van der Waals surface area contributed by atoms with Crippen molar-refractivity contribution in [3.8, 4) is 0 Å². The van der Waals surface area contributed by atoms with Gasteiger partial charge in [0, 0.05) is 18.2 Å². The molecular weight excluding hydrogens is 546 g/mol. The number of aryl methyl sites for hydroxylation is 1. The number of hydrogen-bond donors (Lipinski definition) is 2. The molecule has 1 aliphatic heterocycles. The Morgan fingerprint density at radius 3 is 2.73 bits per heavy atom. The summed E-state index contributed by atoms with van der Waals surface area (Å²) in [5.74, 6) is -3.04. The molecule has 3 heterocycles. The van der Waals surface area contributed by atoms with Crippen LogP contribution in [0.5, 0.6) is 0 Å². The van der Waals surface area contributed by atoms with Crippen LogP contribution in [0.15, 0.2) is 53.8 Å². The topological polar surface area (TPSA) is 127 Å². The van der Waals surface area contributed by atoms with Crippen LogP contribution in [0.2, 0.25) is 5.02 Å². The van der Waals surface area contributed by atoms with Crippen LogP contribution in [-0.4, -0.2) is 38.1 Å². The molecule has 6 rings (SSSR count). The van der Waals surface area contributed by atoms with E-state index in [0.717, 1.165) is 27.4 Å². The zero-order valence-corrected chi connectivity index (χ0v) is 21.3. The molecule has 0 spiro atoms. The number of rotatable bonds is 6. The lowest BCUT2D eigenvalue weighted by Crippen LogP contribution is -2.30. The van der Waals surface area contributed by atoms with E-state index < -0.39 is 29.4 Å². The van der Waals surface area contributed by atoms with E-state index in [4.69, 9.17) is 11.6 Å². The maximum atomic E-state index is 14.5. The van der Waals surface area contributed by atoms with E-state index >= 15 is 0 Å². The van der Waals surface area contributed by atoms with Crippen LogP contribution in [0.25, 0.3) is 5.65 Å². The number of amides is 2. The number of oxime groups is 1. The summed E-state index contributed by atoms with van der Waals surface area (Å²) in [6.45, 7) is 0.00250. The Kier molecular flexibility index (Phi) is 6.46. The highest BCUT2D eigenvalue weighted by atomic mass is 35.5. The van der Waals surface area contributed by atoms with Gasteiger partial charge in [-0.2, -0.15) is 5.10 Å². The van der Waals surface area contributed by atoms with Gasteiger partial charge in [0.1, 0.15) is 17.2 Å². The molecule has 10 nitrogen and oxygen atoms in total. The van der Waals surface area contributed by atoms with Gasteiger partial charge in [-0.3, -0.25) is 9.59 Å². The zero-order valence-electron chi connectivity index (χ0n) is 20.6. The van der Waals surface area contributed by atoms with Crippen LogP contribution in [0.1, 0.15) is 62.1 Å². The molecule has 2 N–H and O–H groups in total. The highest BCUT2D eigenvalue weighted by molar-refractivity contribution is 6.30. The first-order chi connectivity index (χ1) is 19.3. The van der Waals surface area contributed by atoms with Crippen molar-refractivity contribution in [3.63, 3.8) is 0 Å². The van der Waals surface area contributed by atoms with Gasteiger partial charge in [-0.15, -0.1) is 0 Å². The Labute approximate surface area is 230 Å². The van der Waals surface area contributed by atoms with Crippen LogP contribution >= 0.6 is 11.6 Å². The molecule has 0 bridgehead atoms. The second-order valence-electron chi connectivity index (χ2n) is 9.34. The third-order valence-electron chi connectivity index (χ3n) is 6.76. The first kappa shape index (κ1) is 25.6. The standard InChI is InChI=1S/C27H19ClF2N6O4/c28-17-7-13(1-5-18(17)29)11-31-26(38)22-9-23(36-25(33-22)19(30)12-32-36)27(39)34-20-6-3-14-8-15(2-4-16(14)20)21-10-24(37)40-35-21/h1-2,4-5,7-9,12,20H,3,6,10-11H2,(H,31,38)(H,34,39)/t20-/m0/s1. The van der Waals surface area contributed by atoms with Gasteiger partial charge in [0.25, 0.3) is 11.8 Å². The summed E-state index contributed by atoms with van der Waals surface area (Å²) in [6, 6.07) is 10.5. The van der Waals surface area contributed by atoms with Gasteiger partial charge in [-0.1, -0.05) is 35.0 Å². The van der Waals surface area contributed by atoms with E-state index in [-0.39, 0.29) is 41.1 Å². The first-order valence-corrected chi connectivity index (χ1v) is 12.6. The number of benzene rings is 2. The van der Waals surface area contributed by atoms with Crippen molar-refractivity contribution in [3.05, 3.63) is 99.0 Å². The summed E-state index contributed by atoms with van der Waals surface area (Å²) in [6.07, 6.45) is 2.31. The summed E-state index contributed by atoms with van der Waals surface area (Å²) >= 11 is 5.80. The van der Waals surface area contributed by atoms with Crippen molar-refractivity contribution < 1.29 is 28.0 Å². The summed E-state index contributed by atoms with van der Waals surface area (Å²) in [5.41, 5.74) is 3.20. The maximum Gasteiger partial charge on any atom is 0.341 e. The Morgan fingerprint density at radius 1 is 1.10 bits per heavy atom. The quantitative estimate of drug-likeness (QED) is 0.344. The second-order valence-corrected chi connectivity index (χ2v) is 9.75. The van der Waals surface area contributed by atoms with Crippen molar-refractivity contribution in [2.75, 3.05) is 0 Å². The van der Waals surface area contributed by atoms with E-state index in [0.29, 0.717) is 24.1 Å². The molecule has 2 aromatic heterocycles. The third-order valence-corrected chi connectivity index (χ3v) is 7.05. The molecule has 0 saturated heterocycles. The fraction of sp³-hybridized carbons (Fsp3) is 0.185. The van der Waals surface area contributed by atoms with E-state index in [1.165, 1.54) is 24.3 Å². The van der Waals surface area contributed by atoms with E-state index in [9.17, 15) is 23.2 Å². The molecule has 40 heavy (non-hydrogen) atoms. The van der Waals surface area contributed by atoms with Crippen molar-refractivity contribution >= 4 is 40.7 Å². The molecule has 0 radical (unpaired) electrons. The van der Waals surface area contributed by atoms with Crippen LogP contribution < -0.4 is 10.6 Å². The normalized spacial score (nSPS) is 16.0. The van der Waals surface area contributed by atoms with Gasteiger partial charge in [-0.25, -0.2) is 23.1 Å². The second kappa shape index (κ2) is 10.1. The predicted octanol–water partition coefficient (Wildman–Crippen LogP) is 3.66. The molecular formula is C27H19ClF2N6O4. The molecule has 1 aliphatic carbocycles. The Balaban J connectivity index is 1.22. The minimum atomic E-state index is -0.801. The molecule has 0 unspecified atom stereocenters. The highest BCUT2D eigenvalue weighted by Crippen LogP contribution is 2.33. The lowest BCUT2D eigenvalue weighted by Gasteiger charge is -2.15. The van der Waals surface area contributed by atoms with Gasteiger partial charge in [-0.05, 0) is 47.7 Å². The Hall–Kier alpha value is -4.71. The van der Waals surface area contributed by atoms with Crippen LogP contribution in [-0.2, 0) is 22.6 Å². The number of carbonyl (C=O) groups is 3. The van der Waals surface area contributed by atoms with Crippen molar-refractivity contribution in [1.29, 1.82) is 0 Å².